The molecule has 1 amide bonds. The van der Waals surface area contributed by atoms with Gasteiger partial charge in [0.25, 0.3) is 0 Å². The predicted molar refractivity (Wildman–Crippen MR) is 123 cm³/mol. The van der Waals surface area contributed by atoms with Crippen LogP contribution in [-0.2, 0) is 17.8 Å². The van der Waals surface area contributed by atoms with Crippen LogP contribution in [0.25, 0.3) is 10.2 Å². The van der Waals surface area contributed by atoms with E-state index in [0.29, 0.717) is 28.0 Å². The number of rotatable bonds is 7. The van der Waals surface area contributed by atoms with Gasteiger partial charge in [-0.05, 0) is 42.0 Å². The van der Waals surface area contributed by atoms with Crippen molar-refractivity contribution in [1.29, 1.82) is 0 Å². The van der Waals surface area contributed by atoms with E-state index in [0.717, 1.165) is 21.7 Å². The van der Waals surface area contributed by atoms with Gasteiger partial charge in [-0.15, -0.1) is 0 Å². The molecule has 0 unspecified atom stereocenters. The summed E-state index contributed by atoms with van der Waals surface area (Å²) < 4.78 is 11.4. The number of thiazole rings is 1. The monoisotopic (exact) mass is 453 g/mol. The highest BCUT2D eigenvalue weighted by Crippen LogP contribution is 2.39. The van der Waals surface area contributed by atoms with Crippen LogP contribution in [0, 0.1) is 0 Å². The van der Waals surface area contributed by atoms with E-state index in [4.69, 9.17) is 26.1 Å². The molecule has 4 aromatic rings. The molecule has 2 aromatic heterocycles. The number of pyridine rings is 1. The van der Waals surface area contributed by atoms with Crippen LogP contribution >= 0.6 is 22.9 Å². The van der Waals surface area contributed by atoms with Crippen molar-refractivity contribution in [2.45, 2.75) is 13.0 Å². The number of halogens is 1. The van der Waals surface area contributed by atoms with Crippen LogP contribution in [0.1, 0.15) is 11.3 Å². The Bertz CT molecular complexity index is 1200. The van der Waals surface area contributed by atoms with Gasteiger partial charge in [-0.2, -0.15) is 0 Å². The van der Waals surface area contributed by atoms with Crippen molar-refractivity contribution in [1.82, 2.24) is 9.97 Å². The molecule has 4 rings (SSSR count). The van der Waals surface area contributed by atoms with Crippen molar-refractivity contribution >= 4 is 44.2 Å². The fourth-order valence-electron chi connectivity index (χ4n) is 3.15. The second-order valence-corrected chi connectivity index (χ2v) is 8.13. The summed E-state index contributed by atoms with van der Waals surface area (Å²) in [5, 5.41) is 1.12. The van der Waals surface area contributed by atoms with Crippen LogP contribution in [-0.4, -0.2) is 30.1 Å². The molecule has 0 aliphatic carbocycles. The standard InChI is InChI=1S/C23H20ClN3O3S/c1-29-17-8-6-15(7-9-17)13-20(28)27(14-16-5-3-4-12-25-16)23-26-21-19(30-2)11-10-18(24)22(21)31-23/h3-12H,13-14H2,1-2H3. The summed E-state index contributed by atoms with van der Waals surface area (Å²) in [6, 6.07) is 16.6. The maximum Gasteiger partial charge on any atom is 0.233 e. The van der Waals surface area contributed by atoms with E-state index in [1.807, 2.05) is 42.5 Å². The first kappa shape index (κ1) is 21.1. The first-order valence-electron chi connectivity index (χ1n) is 9.55. The predicted octanol–water partition coefficient (Wildman–Crippen LogP) is 5.14. The van der Waals surface area contributed by atoms with Gasteiger partial charge in [-0.25, -0.2) is 4.98 Å². The third kappa shape index (κ3) is 4.62. The number of anilines is 1. The second-order valence-electron chi connectivity index (χ2n) is 6.75. The summed E-state index contributed by atoms with van der Waals surface area (Å²) in [5.74, 6) is 1.27. The zero-order chi connectivity index (χ0) is 21.8. The van der Waals surface area contributed by atoms with Gasteiger partial charge in [-0.1, -0.05) is 41.1 Å². The average molecular weight is 454 g/mol. The zero-order valence-electron chi connectivity index (χ0n) is 17.0. The molecule has 0 atom stereocenters. The van der Waals surface area contributed by atoms with E-state index < -0.39 is 0 Å². The minimum Gasteiger partial charge on any atom is -0.497 e. The molecule has 0 saturated carbocycles. The summed E-state index contributed by atoms with van der Waals surface area (Å²) in [7, 11) is 3.20. The molecular formula is C23H20ClN3O3S. The normalized spacial score (nSPS) is 10.8. The Morgan fingerprint density at radius 1 is 1.06 bits per heavy atom. The van der Waals surface area contributed by atoms with E-state index in [-0.39, 0.29) is 12.3 Å². The fraction of sp³-hybridized carbons (Fsp3) is 0.174. The maximum absolute atomic E-state index is 13.4. The molecule has 0 fully saturated rings. The lowest BCUT2D eigenvalue weighted by Gasteiger charge is -2.19. The largest absolute Gasteiger partial charge is 0.497 e. The SMILES string of the molecule is COc1ccc(CC(=O)N(Cc2ccccn2)c2nc3c(OC)ccc(Cl)c3s2)cc1. The number of aromatic nitrogens is 2. The molecule has 0 N–H and O–H groups in total. The smallest absolute Gasteiger partial charge is 0.233 e. The van der Waals surface area contributed by atoms with E-state index in [9.17, 15) is 4.79 Å². The van der Waals surface area contributed by atoms with E-state index >= 15 is 0 Å². The van der Waals surface area contributed by atoms with Crippen LogP contribution in [0.2, 0.25) is 5.02 Å². The first-order valence-corrected chi connectivity index (χ1v) is 10.7. The number of carbonyl (C=O) groups is 1. The van der Waals surface area contributed by atoms with Gasteiger partial charge >= 0.3 is 0 Å². The third-order valence-corrected chi connectivity index (χ3v) is 6.30. The van der Waals surface area contributed by atoms with Crippen molar-refractivity contribution in [2.75, 3.05) is 19.1 Å². The summed E-state index contributed by atoms with van der Waals surface area (Å²) in [4.78, 5) is 24.1. The molecule has 2 heterocycles. The Labute approximate surface area is 189 Å². The van der Waals surface area contributed by atoms with Gasteiger partial charge in [0, 0.05) is 6.20 Å². The highest BCUT2D eigenvalue weighted by atomic mass is 35.5. The topological polar surface area (TPSA) is 64.5 Å². The van der Waals surface area contributed by atoms with Gasteiger partial charge in [0.2, 0.25) is 5.91 Å². The van der Waals surface area contributed by atoms with Gasteiger partial charge in [-0.3, -0.25) is 14.7 Å². The van der Waals surface area contributed by atoms with Crippen molar-refractivity contribution < 1.29 is 14.3 Å². The van der Waals surface area contributed by atoms with Crippen molar-refractivity contribution in [2.24, 2.45) is 0 Å². The van der Waals surface area contributed by atoms with Crippen molar-refractivity contribution in [3.05, 3.63) is 77.1 Å². The highest BCUT2D eigenvalue weighted by molar-refractivity contribution is 7.23. The Hall–Kier alpha value is -3.16. The van der Waals surface area contributed by atoms with Gasteiger partial charge < -0.3 is 9.47 Å². The number of nitrogens with zero attached hydrogens (tertiary/aromatic N) is 3. The highest BCUT2D eigenvalue weighted by Gasteiger charge is 2.23. The van der Waals surface area contributed by atoms with Gasteiger partial charge in [0.05, 0.1) is 42.6 Å². The zero-order valence-corrected chi connectivity index (χ0v) is 18.6. The van der Waals surface area contributed by atoms with Crippen LogP contribution in [0.15, 0.2) is 60.8 Å². The van der Waals surface area contributed by atoms with Crippen LogP contribution in [0.4, 0.5) is 5.13 Å². The molecule has 158 valence electrons. The molecule has 2 aromatic carbocycles. The molecule has 0 saturated heterocycles. The minimum atomic E-state index is -0.0926. The number of hydrogen-bond donors (Lipinski definition) is 0. The second kappa shape index (κ2) is 9.32. The molecule has 0 spiro atoms. The van der Waals surface area contributed by atoms with E-state index in [1.165, 1.54) is 11.3 Å². The molecule has 0 aliphatic rings. The number of fused-ring (bicyclic) bond motifs is 1. The molecule has 0 radical (unpaired) electrons. The molecule has 8 heteroatoms. The van der Waals surface area contributed by atoms with Gasteiger partial charge in [0.1, 0.15) is 17.0 Å². The Kier molecular flexibility index (Phi) is 6.34. The molecule has 31 heavy (non-hydrogen) atoms. The van der Waals surface area contributed by atoms with Crippen molar-refractivity contribution in [3.63, 3.8) is 0 Å². The lowest BCUT2D eigenvalue weighted by molar-refractivity contribution is -0.118. The summed E-state index contributed by atoms with van der Waals surface area (Å²) >= 11 is 7.75. The molecule has 6 nitrogen and oxygen atoms in total. The quantitative estimate of drug-likeness (QED) is 0.387. The minimum absolute atomic E-state index is 0.0926. The van der Waals surface area contributed by atoms with E-state index in [2.05, 4.69) is 4.98 Å². The number of benzene rings is 2. The maximum atomic E-state index is 13.4. The van der Waals surface area contributed by atoms with Crippen LogP contribution in [0.5, 0.6) is 11.5 Å². The Balaban J connectivity index is 1.71. The molecule has 0 bridgehead atoms. The summed E-state index contributed by atoms with van der Waals surface area (Å²) in [6.45, 7) is 0.301. The number of methoxy groups -OCH3 is 2. The summed E-state index contributed by atoms with van der Waals surface area (Å²) in [5.41, 5.74) is 2.29. The summed E-state index contributed by atoms with van der Waals surface area (Å²) in [6.07, 6.45) is 1.93. The molecular weight excluding hydrogens is 434 g/mol. The Morgan fingerprint density at radius 3 is 2.55 bits per heavy atom. The van der Waals surface area contributed by atoms with E-state index in [1.54, 1.807) is 37.4 Å². The van der Waals surface area contributed by atoms with Crippen molar-refractivity contribution in [3.8, 4) is 11.5 Å². The first-order chi connectivity index (χ1) is 15.1. The molecule has 0 aliphatic heterocycles. The van der Waals surface area contributed by atoms with Crippen LogP contribution < -0.4 is 14.4 Å². The van der Waals surface area contributed by atoms with Gasteiger partial charge in [0.15, 0.2) is 5.13 Å². The number of hydrogen-bond acceptors (Lipinski definition) is 6. The fourth-order valence-corrected chi connectivity index (χ4v) is 4.42. The Morgan fingerprint density at radius 2 is 1.87 bits per heavy atom. The number of ether oxygens (including phenoxy) is 2. The van der Waals surface area contributed by atoms with Crippen LogP contribution in [0.3, 0.4) is 0 Å². The average Bonchev–Trinajstić information content (AvgIpc) is 3.25. The number of carbonyl (C=O) groups excluding carboxylic acids is 1. The third-order valence-electron chi connectivity index (χ3n) is 4.76. The lowest BCUT2D eigenvalue weighted by Crippen LogP contribution is -2.32. The lowest BCUT2D eigenvalue weighted by atomic mass is 10.1. The number of amides is 1.